The van der Waals surface area contributed by atoms with Crippen LogP contribution in [-0.4, -0.2) is 23.7 Å². The van der Waals surface area contributed by atoms with Gasteiger partial charge in [-0.15, -0.1) is 0 Å². The van der Waals surface area contributed by atoms with Crippen molar-refractivity contribution in [2.24, 2.45) is 5.73 Å². The standard InChI is InChI=1S/C13H17N3O3S/c14-7-10-6-13(8-15-10)20(17,18)16(11-3-4-11)9-12-2-1-5-19-12/h1-2,5-6,8,11,15H,3-4,7,9,14H2. The van der Waals surface area contributed by atoms with Crippen LogP contribution in [0.15, 0.2) is 40.0 Å². The van der Waals surface area contributed by atoms with Gasteiger partial charge in [0.2, 0.25) is 10.0 Å². The molecule has 0 saturated heterocycles. The van der Waals surface area contributed by atoms with E-state index in [1.165, 1.54) is 10.5 Å². The second-order valence-electron chi connectivity index (χ2n) is 4.93. The molecule has 2 aromatic heterocycles. The number of furan rings is 1. The molecule has 1 fully saturated rings. The maximum atomic E-state index is 12.7. The van der Waals surface area contributed by atoms with Crippen LogP contribution in [0.1, 0.15) is 24.3 Å². The first-order valence-electron chi connectivity index (χ1n) is 6.53. The minimum atomic E-state index is -3.52. The molecule has 108 valence electrons. The van der Waals surface area contributed by atoms with Gasteiger partial charge in [0.15, 0.2) is 0 Å². The third-order valence-electron chi connectivity index (χ3n) is 3.39. The Balaban J connectivity index is 1.89. The smallest absolute Gasteiger partial charge is 0.245 e. The molecule has 2 aromatic rings. The van der Waals surface area contributed by atoms with Crippen molar-refractivity contribution >= 4 is 10.0 Å². The minimum Gasteiger partial charge on any atom is -0.468 e. The monoisotopic (exact) mass is 295 g/mol. The first-order valence-corrected chi connectivity index (χ1v) is 7.97. The van der Waals surface area contributed by atoms with Gasteiger partial charge in [0.1, 0.15) is 5.76 Å². The number of sulfonamides is 1. The summed E-state index contributed by atoms with van der Waals surface area (Å²) in [6.45, 7) is 0.556. The van der Waals surface area contributed by atoms with E-state index in [0.717, 1.165) is 12.8 Å². The van der Waals surface area contributed by atoms with E-state index >= 15 is 0 Å². The number of hydrogen-bond donors (Lipinski definition) is 2. The molecule has 0 radical (unpaired) electrons. The van der Waals surface area contributed by atoms with E-state index in [1.807, 2.05) is 0 Å². The Morgan fingerprint density at radius 3 is 2.80 bits per heavy atom. The molecule has 0 atom stereocenters. The number of aromatic amines is 1. The molecule has 0 bridgehead atoms. The SMILES string of the molecule is NCc1cc(S(=O)(=O)N(Cc2ccco2)C2CC2)c[nH]1. The van der Waals surface area contributed by atoms with Crippen LogP contribution in [0.5, 0.6) is 0 Å². The van der Waals surface area contributed by atoms with Crippen LogP contribution >= 0.6 is 0 Å². The summed E-state index contributed by atoms with van der Waals surface area (Å²) in [6, 6.07) is 5.21. The van der Waals surface area contributed by atoms with Crippen LogP contribution in [0.3, 0.4) is 0 Å². The summed E-state index contributed by atoms with van der Waals surface area (Å²) in [5, 5.41) is 0. The van der Waals surface area contributed by atoms with Crippen molar-refractivity contribution in [1.29, 1.82) is 0 Å². The molecule has 0 aromatic carbocycles. The Morgan fingerprint density at radius 1 is 1.45 bits per heavy atom. The van der Waals surface area contributed by atoms with Gasteiger partial charge < -0.3 is 15.1 Å². The third kappa shape index (κ3) is 2.52. The molecular weight excluding hydrogens is 278 g/mol. The van der Waals surface area contributed by atoms with Gasteiger partial charge in [0, 0.05) is 24.5 Å². The zero-order valence-corrected chi connectivity index (χ0v) is 11.8. The van der Waals surface area contributed by atoms with Gasteiger partial charge in [0.05, 0.1) is 17.7 Å². The molecule has 1 aliphatic carbocycles. The molecule has 7 heteroatoms. The van der Waals surface area contributed by atoms with Crippen LogP contribution in [0.25, 0.3) is 0 Å². The lowest BCUT2D eigenvalue weighted by Crippen LogP contribution is -2.32. The van der Waals surface area contributed by atoms with Gasteiger partial charge in [0.25, 0.3) is 0 Å². The molecule has 0 spiro atoms. The molecular formula is C13H17N3O3S. The van der Waals surface area contributed by atoms with Gasteiger partial charge in [-0.05, 0) is 31.0 Å². The second-order valence-corrected chi connectivity index (χ2v) is 6.82. The Hall–Kier alpha value is -1.57. The maximum absolute atomic E-state index is 12.7. The molecule has 6 nitrogen and oxygen atoms in total. The van der Waals surface area contributed by atoms with Crippen molar-refractivity contribution in [3.05, 3.63) is 42.1 Å². The van der Waals surface area contributed by atoms with Crippen molar-refractivity contribution in [3.63, 3.8) is 0 Å². The second kappa shape index (κ2) is 5.08. The molecule has 0 aliphatic heterocycles. The van der Waals surface area contributed by atoms with E-state index in [0.29, 0.717) is 11.5 Å². The van der Waals surface area contributed by atoms with Crippen molar-refractivity contribution in [2.75, 3.05) is 0 Å². The van der Waals surface area contributed by atoms with E-state index in [-0.39, 0.29) is 24.0 Å². The lowest BCUT2D eigenvalue weighted by atomic mass is 10.4. The maximum Gasteiger partial charge on any atom is 0.245 e. The molecule has 2 heterocycles. The van der Waals surface area contributed by atoms with E-state index < -0.39 is 10.0 Å². The summed E-state index contributed by atoms with van der Waals surface area (Å²) >= 11 is 0. The molecule has 0 amide bonds. The van der Waals surface area contributed by atoms with Crippen LogP contribution in [-0.2, 0) is 23.1 Å². The zero-order chi connectivity index (χ0) is 14.2. The van der Waals surface area contributed by atoms with Crippen LogP contribution < -0.4 is 5.73 Å². The summed E-state index contributed by atoms with van der Waals surface area (Å²) in [5.74, 6) is 0.648. The van der Waals surface area contributed by atoms with Crippen molar-refractivity contribution in [3.8, 4) is 0 Å². The van der Waals surface area contributed by atoms with Gasteiger partial charge in [-0.3, -0.25) is 0 Å². The average molecular weight is 295 g/mol. The first-order chi connectivity index (χ1) is 9.61. The summed E-state index contributed by atoms with van der Waals surface area (Å²) in [6.07, 6.45) is 4.84. The summed E-state index contributed by atoms with van der Waals surface area (Å²) in [7, 11) is -3.52. The van der Waals surface area contributed by atoms with Crippen molar-refractivity contribution < 1.29 is 12.8 Å². The Labute approximate surface area is 117 Å². The number of nitrogens with zero attached hydrogens (tertiary/aromatic N) is 1. The van der Waals surface area contributed by atoms with Gasteiger partial charge >= 0.3 is 0 Å². The highest BCUT2D eigenvalue weighted by molar-refractivity contribution is 7.89. The highest BCUT2D eigenvalue weighted by atomic mass is 32.2. The fraction of sp³-hybridized carbons (Fsp3) is 0.385. The number of hydrogen-bond acceptors (Lipinski definition) is 4. The van der Waals surface area contributed by atoms with Gasteiger partial charge in [-0.2, -0.15) is 4.31 Å². The van der Waals surface area contributed by atoms with Crippen molar-refractivity contribution in [2.45, 2.75) is 36.9 Å². The molecule has 1 aliphatic rings. The fourth-order valence-corrected chi connectivity index (χ4v) is 3.82. The topological polar surface area (TPSA) is 92.3 Å². The number of rotatable bonds is 6. The number of nitrogens with two attached hydrogens (primary N) is 1. The first kappa shape index (κ1) is 13.4. The minimum absolute atomic E-state index is 0.0707. The molecule has 3 N–H and O–H groups in total. The van der Waals surface area contributed by atoms with Crippen molar-refractivity contribution in [1.82, 2.24) is 9.29 Å². The average Bonchev–Trinajstić information content (AvgIpc) is 2.96. The number of aromatic nitrogens is 1. The van der Waals surface area contributed by atoms with Crippen LogP contribution in [0, 0.1) is 0 Å². The largest absolute Gasteiger partial charge is 0.468 e. The summed E-state index contributed by atoms with van der Waals surface area (Å²) in [4.78, 5) is 3.14. The number of nitrogens with one attached hydrogen (secondary N) is 1. The lowest BCUT2D eigenvalue weighted by Gasteiger charge is -2.19. The molecule has 0 unspecified atom stereocenters. The Bertz CT molecular complexity index is 672. The lowest BCUT2D eigenvalue weighted by molar-refractivity contribution is 0.356. The molecule has 3 rings (SSSR count). The van der Waals surface area contributed by atoms with E-state index in [4.69, 9.17) is 10.2 Å². The van der Waals surface area contributed by atoms with Crippen LogP contribution in [0.4, 0.5) is 0 Å². The zero-order valence-electron chi connectivity index (χ0n) is 11.0. The summed E-state index contributed by atoms with van der Waals surface area (Å²) in [5.41, 5.74) is 6.22. The van der Waals surface area contributed by atoms with Gasteiger partial charge in [-0.25, -0.2) is 8.42 Å². The Kier molecular flexibility index (Phi) is 3.41. The van der Waals surface area contributed by atoms with Crippen LogP contribution in [0.2, 0.25) is 0 Å². The normalized spacial score (nSPS) is 15.9. The quantitative estimate of drug-likeness (QED) is 0.843. The van der Waals surface area contributed by atoms with E-state index in [1.54, 1.807) is 24.5 Å². The Morgan fingerprint density at radius 2 is 2.25 bits per heavy atom. The highest BCUT2D eigenvalue weighted by Crippen LogP contribution is 2.33. The molecule has 20 heavy (non-hydrogen) atoms. The fourth-order valence-electron chi connectivity index (χ4n) is 2.15. The summed E-state index contributed by atoms with van der Waals surface area (Å²) < 4.78 is 32.2. The highest BCUT2D eigenvalue weighted by Gasteiger charge is 2.38. The van der Waals surface area contributed by atoms with E-state index in [2.05, 4.69) is 4.98 Å². The third-order valence-corrected chi connectivity index (χ3v) is 5.26. The molecule has 1 saturated carbocycles. The predicted octanol–water partition coefficient (Wildman–Crippen LogP) is 1.42. The number of H-pyrrole nitrogens is 1. The van der Waals surface area contributed by atoms with Gasteiger partial charge in [-0.1, -0.05) is 0 Å². The van der Waals surface area contributed by atoms with E-state index in [9.17, 15) is 8.42 Å². The predicted molar refractivity (Wildman–Crippen MR) is 73.1 cm³/mol.